The van der Waals surface area contributed by atoms with Crippen molar-refractivity contribution < 1.29 is 19.0 Å². The molecule has 2 aliphatic rings. The van der Waals surface area contributed by atoms with Crippen LogP contribution in [0.4, 0.5) is 4.39 Å². The molecule has 0 radical (unpaired) electrons. The van der Waals surface area contributed by atoms with Gasteiger partial charge in [0.2, 0.25) is 0 Å². The number of hydrogen-bond acceptors (Lipinski definition) is 4. The molecule has 1 aromatic rings. The van der Waals surface area contributed by atoms with Crippen molar-refractivity contribution in [1.29, 1.82) is 0 Å². The van der Waals surface area contributed by atoms with Crippen LogP contribution in [0.5, 0.6) is 5.75 Å². The van der Waals surface area contributed by atoms with Gasteiger partial charge in [0.15, 0.2) is 11.6 Å². The number of hydrogen-bond donors (Lipinski definition) is 1. The third-order valence-electron chi connectivity index (χ3n) is 5.60. The summed E-state index contributed by atoms with van der Waals surface area (Å²) >= 11 is 0. The van der Waals surface area contributed by atoms with Gasteiger partial charge in [-0.2, -0.15) is 0 Å². The van der Waals surface area contributed by atoms with Crippen molar-refractivity contribution in [2.75, 3.05) is 26.3 Å². The van der Waals surface area contributed by atoms with Gasteiger partial charge in [0.1, 0.15) is 0 Å². The molecule has 1 heterocycles. The van der Waals surface area contributed by atoms with Gasteiger partial charge in [0, 0.05) is 25.0 Å². The van der Waals surface area contributed by atoms with Crippen molar-refractivity contribution in [3.8, 4) is 5.75 Å². The van der Waals surface area contributed by atoms with Crippen LogP contribution in [0.1, 0.15) is 38.7 Å². The molecule has 1 aromatic carbocycles. The van der Waals surface area contributed by atoms with E-state index < -0.39 is 0 Å². The van der Waals surface area contributed by atoms with Crippen LogP contribution in [0.2, 0.25) is 0 Å². The standard InChI is InChI=1S/C19H28FNO3/c1-3-23-16-6-5-14(11-15(16)20)13-21-9-7-19(8-10-21)17(22)12-18(19)24-4-2/h5-6,11,17-18,22H,3-4,7-10,12-13H2,1-2H3. The zero-order valence-corrected chi connectivity index (χ0v) is 14.6. The molecule has 1 saturated heterocycles. The minimum atomic E-state index is -0.298. The summed E-state index contributed by atoms with van der Waals surface area (Å²) in [5, 5.41) is 10.3. The predicted molar refractivity (Wildman–Crippen MR) is 90.6 cm³/mol. The van der Waals surface area contributed by atoms with Gasteiger partial charge in [-0.25, -0.2) is 4.39 Å². The molecule has 1 N–H and O–H groups in total. The van der Waals surface area contributed by atoms with Crippen molar-refractivity contribution in [1.82, 2.24) is 4.90 Å². The first kappa shape index (κ1) is 17.6. The van der Waals surface area contributed by atoms with Crippen LogP contribution in [0.25, 0.3) is 0 Å². The maximum Gasteiger partial charge on any atom is 0.165 e. The van der Waals surface area contributed by atoms with Crippen molar-refractivity contribution in [3.05, 3.63) is 29.6 Å². The Morgan fingerprint density at radius 3 is 2.58 bits per heavy atom. The topological polar surface area (TPSA) is 41.9 Å². The van der Waals surface area contributed by atoms with Crippen molar-refractivity contribution in [2.24, 2.45) is 5.41 Å². The van der Waals surface area contributed by atoms with Gasteiger partial charge in [-0.3, -0.25) is 4.90 Å². The van der Waals surface area contributed by atoms with Crippen molar-refractivity contribution >= 4 is 0 Å². The highest BCUT2D eigenvalue weighted by Gasteiger charge is 2.55. The van der Waals surface area contributed by atoms with E-state index in [0.717, 1.165) is 44.5 Å². The number of benzene rings is 1. The van der Waals surface area contributed by atoms with Crippen LogP contribution in [-0.4, -0.2) is 48.5 Å². The second-order valence-electron chi connectivity index (χ2n) is 6.90. The molecule has 1 saturated carbocycles. The maximum atomic E-state index is 14.0. The second-order valence-corrected chi connectivity index (χ2v) is 6.90. The Bertz CT molecular complexity index is 556. The Morgan fingerprint density at radius 1 is 1.25 bits per heavy atom. The van der Waals surface area contributed by atoms with Crippen LogP contribution in [0, 0.1) is 11.2 Å². The summed E-state index contributed by atoms with van der Waals surface area (Å²) in [6.45, 7) is 7.58. The fraction of sp³-hybridized carbons (Fsp3) is 0.684. The van der Waals surface area contributed by atoms with E-state index in [0.29, 0.717) is 19.0 Å². The first-order valence-electron chi connectivity index (χ1n) is 9.02. The highest BCUT2D eigenvalue weighted by molar-refractivity contribution is 5.29. The molecule has 2 fully saturated rings. The summed E-state index contributed by atoms with van der Waals surface area (Å²) in [6.07, 6.45) is 2.61. The number of aliphatic hydroxyl groups is 1. The molecule has 2 unspecified atom stereocenters. The molecule has 0 amide bonds. The Balaban J connectivity index is 1.57. The quantitative estimate of drug-likeness (QED) is 0.866. The monoisotopic (exact) mass is 337 g/mol. The number of aliphatic hydroxyl groups excluding tert-OH is 1. The molecule has 134 valence electrons. The smallest absolute Gasteiger partial charge is 0.165 e. The fourth-order valence-corrected chi connectivity index (χ4v) is 4.12. The Hall–Kier alpha value is -1.17. The highest BCUT2D eigenvalue weighted by Crippen LogP contribution is 2.51. The molecule has 1 spiro atoms. The summed E-state index contributed by atoms with van der Waals surface area (Å²) in [4.78, 5) is 2.33. The van der Waals surface area contributed by atoms with E-state index in [9.17, 15) is 9.50 Å². The SMILES string of the molecule is CCOc1ccc(CN2CCC3(CC2)C(O)CC3OCC)cc1F. The predicted octanol–water partition coefficient (Wildman–Crippen LogP) is 2.98. The molecular formula is C19H28FNO3. The van der Waals surface area contributed by atoms with E-state index in [-0.39, 0.29) is 23.4 Å². The maximum absolute atomic E-state index is 14.0. The van der Waals surface area contributed by atoms with E-state index in [1.807, 2.05) is 19.9 Å². The average Bonchev–Trinajstić information content (AvgIpc) is 2.58. The number of ether oxygens (including phenoxy) is 2. The lowest BCUT2D eigenvalue weighted by molar-refractivity contribution is -0.209. The van der Waals surface area contributed by atoms with Gasteiger partial charge in [-0.05, 0) is 57.5 Å². The molecule has 1 aliphatic carbocycles. The lowest BCUT2D eigenvalue weighted by Gasteiger charge is -2.56. The zero-order valence-electron chi connectivity index (χ0n) is 14.6. The molecule has 24 heavy (non-hydrogen) atoms. The summed E-state index contributed by atoms with van der Waals surface area (Å²) in [7, 11) is 0. The normalized spacial score (nSPS) is 26.3. The Morgan fingerprint density at radius 2 is 2.00 bits per heavy atom. The van der Waals surface area contributed by atoms with Crippen molar-refractivity contribution in [3.63, 3.8) is 0 Å². The fourth-order valence-electron chi connectivity index (χ4n) is 4.12. The molecule has 2 atom stereocenters. The summed E-state index contributed by atoms with van der Waals surface area (Å²) in [5.41, 5.74) is 0.902. The van der Waals surface area contributed by atoms with Gasteiger partial charge in [0.25, 0.3) is 0 Å². The summed E-state index contributed by atoms with van der Waals surface area (Å²) in [6, 6.07) is 5.20. The number of nitrogens with zero attached hydrogens (tertiary/aromatic N) is 1. The lowest BCUT2D eigenvalue weighted by atomic mass is 9.58. The van der Waals surface area contributed by atoms with E-state index in [2.05, 4.69) is 4.90 Å². The van der Waals surface area contributed by atoms with Gasteiger partial charge in [-0.1, -0.05) is 6.07 Å². The minimum absolute atomic E-state index is 0.0589. The molecule has 0 bridgehead atoms. The van der Waals surface area contributed by atoms with Gasteiger partial charge in [0.05, 0.1) is 18.8 Å². The van der Waals surface area contributed by atoms with Crippen LogP contribution in [0.15, 0.2) is 18.2 Å². The number of halogens is 1. The largest absolute Gasteiger partial charge is 0.491 e. The van der Waals surface area contributed by atoms with Gasteiger partial charge < -0.3 is 14.6 Å². The Labute approximate surface area is 143 Å². The zero-order chi connectivity index (χ0) is 17.2. The van der Waals surface area contributed by atoms with Crippen LogP contribution in [-0.2, 0) is 11.3 Å². The first-order valence-corrected chi connectivity index (χ1v) is 9.02. The second kappa shape index (κ2) is 7.38. The third kappa shape index (κ3) is 3.30. The van der Waals surface area contributed by atoms with Crippen LogP contribution in [0.3, 0.4) is 0 Å². The molecule has 1 aliphatic heterocycles. The van der Waals surface area contributed by atoms with E-state index in [1.165, 1.54) is 0 Å². The van der Waals surface area contributed by atoms with Crippen LogP contribution < -0.4 is 4.74 Å². The van der Waals surface area contributed by atoms with Crippen molar-refractivity contribution in [2.45, 2.75) is 51.9 Å². The van der Waals surface area contributed by atoms with E-state index in [4.69, 9.17) is 9.47 Å². The molecule has 4 nitrogen and oxygen atoms in total. The first-order chi connectivity index (χ1) is 11.6. The molecular weight excluding hydrogens is 309 g/mol. The number of piperidine rings is 1. The Kier molecular flexibility index (Phi) is 5.42. The third-order valence-corrected chi connectivity index (χ3v) is 5.60. The minimum Gasteiger partial charge on any atom is -0.491 e. The molecule has 5 heteroatoms. The molecule has 0 aromatic heterocycles. The highest BCUT2D eigenvalue weighted by atomic mass is 19.1. The summed E-state index contributed by atoms with van der Waals surface area (Å²) < 4.78 is 25.0. The lowest BCUT2D eigenvalue weighted by Crippen LogP contribution is -2.62. The van der Waals surface area contributed by atoms with E-state index in [1.54, 1.807) is 12.1 Å². The van der Waals surface area contributed by atoms with E-state index >= 15 is 0 Å². The number of likely N-dealkylation sites (tertiary alicyclic amines) is 1. The van der Waals surface area contributed by atoms with Crippen LogP contribution >= 0.6 is 0 Å². The average molecular weight is 337 g/mol. The summed E-state index contributed by atoms with van der Waals surface area (Å²) in [5.74, 6) is 0.0182. The van der Waals surface area contributed by atoms with Gasteiger partial charge >= 0.3 is 0 Å². The number of rotatable bonds is 6. The van der Waals surface area contributed by atoms with Gasteiger partial charge in [-0.15, -0.1) is 0 Å². The molecule has 3 rings (SSSR count).